The number of aromatic amines is 2. The van der Waals surface area contributed by atoms with Gasteiger partial charge in [-0.3, -0.25) is 15.0 Å². The molecule has 2 unspecified atom stereocenters. The van der Waals surface area contributed by atoms with E-state index in [1.807, 2.05) is 120 Å². The summed E-state index contributed by atoms with van der Waals surface area (Å²) >= 11 is 0. The maximum atomic E-state index is 14.1. The highest BCUT2D eigenvalue weighted by molar-refractivity contribution is 6.03. The van der Waals surface area contributed by atoms with Gasteiger partial charge < -0.3 is 9.47 Å². The molecule has 2 heterocycles. The Morgan fingerprint density at radius 3 is 1.63 bits per heavy atom. The van der Waals surface area contributed by atoms with Gasteiger partial charge in [-0.1, -0.05) is 112 Å². The lowest BCUT2D eigenvalue weighted by Crippen LogP contribution is -2.44. The van der Waals surface area contributed by atoms with Crippen LogP contribution < -0.4 is 0 Å². The largest absolute Gasteiger partial charge is 0.455 e. The molecular weight excluding hydrogens is 652 g/mol. The highest BCUT2D eigenvalue weighted by Gasteiger charge is 2.39. The molecule has 6 aromatic rings. The van der Waals surface area contributed by atoms with E-state index >= 15 is 0 Å². The minimum absolute atomic E-state index is 0.141. The smallest absolute Gasteiger partial charge is 0.338 e. The number of esters is 1. The zero-order valence-electron chi connectivity index (χ0n) is 30.2. The second-order valence-corrected chi connectivity index (χ2v) is 13.2. The van der Waals surface area contributed by atoms with Gasteiger partial charge in [-0.25, -0.2) is 14.8 Å². The molecule has 0 aliphatic rings. The van der Waals surface area contributed by atoms with Crippen LogP contribution >= 0.6 is 0 Å². The Balaban J connectivity index is 1.14. The van der Waals surface area contributed by atoms with Crippen LogP contribution in [-0.4, -0.2) is 59.4 Å². The van der Waals surface area contributed by atoms with Crippen LogP contribution in [-0.2, 0) is 9.47 Å². The molecule has 0 amide bonds. The van der Waals surface area contributed by atoms with E-state index in [-0.39, 0.29) is 5.78 Å². The number of ether oxygens (including phenoxy) is 2. The summed E-state index contributed by atoms with van der Waals surface area (Å²) in [5.41, 5.74) is 2.25. The average molecular weight is 697 g/mol. The fourth-order valence-electron chi connectivity index (χ4n) is 6.41. The third kappa shape index (κ3) is 7.92. The summed E-state index contributed by atoms with van der Waals surface area (Å²) in [7, 11) is 0. The Hall–Kier alpha value is -5.74. The average Bonchev–Trinajstić information content (AvgIpc) is 3.90. The molecule has 6 rings (SSSR count). The lowest BCUT2D eigenvalue weighted by atomic mass is 9.88. The molecule has 2 atom stereocenters. The van der Waals surface area contributed by atoms with Gasteiger partial charge in [0.1, 0.15) is 11.2 Å². The molecule has 266 valence electrons. The second-order valence-electron chi connectivity index (χ2n) is 13.2. The summed E-state index contributed by atoms with van der Waals surface area (Å²) in [6, 6.07) is 33.9. The van der Waals surface area contributed by atoms with E-state index in [4.69, 9.17) is 9.47 Å². The maximum Gasteiger partial charge on any atom is 0.338 e. The van der Waals surface area contributed by atoms with Crippen LogP contribution in [0.5, 0.6) is 0 Å². The van der Waals surface area contributed by atoms with E-state index in [1.54, 1.807) is 24.3 Å². The first kappa shape index (κ1) is 36.1. The van der Waals surface area contributed by atoms with E-state index < -0.39 is 23.3 Å². The number of benzene rings is 4. The summed E-state index contributed by atoms with van der Waals surface area (Å²) < 4.78 is 12.9. The van der Waals surface area contributed by atoms with Gasteiger partial charge in [0.05, 0.1) is 11.7 Å². The van der Waals surface area contributed by atoms with Crippen molar-refractivity contribution in [3.8, 4) is 45.6 Å². The van der Waals surface area contributed by atoms with E-state index in [2.05, 4.69) is 30.4 Å². The van der Waals surface area contributed by atoms with Gasteiger partial charge in [0.15, 0.2) is 29.1 Å². The van der Waals surface area contributed by atoms with Crippen molar-refractivity contribution in [1.29, 1.82) is 0 Å². The summed E-state index contributed by atoms with van der Waals surface area (Å²) in [6.45, 7) is 9.69. The molecular formula is C42H44N6O4. The molecule has 2 N–H and O–H groups in total. The molecule has 0 aliphatic carbocycles. The maximum absolute atomic E-state index is 14.1. The Labute approximate surface area is 304 Å². The molecule has 4 aromatic carbocycles. The van der Waals surface area contributed by atoms with E-state index in [1.165, 1.54) is 0 Å². The number of carbonyl (C=O) groups is 2. The van der Waals surface area contributed by atoms with Crippen molar-refractivity contribution in [2.24, 2.45) is 0 Å². The van der Waals surface area contributed by atoms with Gasteiger partial charge in [0.25, 0.3) is 0 Å². The van der Waals surface area contributed by atoms with Crippen molar-refractivity contribution in [2.45, 2.75) is 77.6 Å². The summed E-state index contributed by atoms with van der Waals surface area (Å²) in [6.07, 6.45) is 1.61. The zero-order valence-corrected chi connectivity index (χ0v) is 30.2. The molecule has 0 saturated heterocycles. The summed E-state index contributed by atoms with van der Waals surface area (Å²) in [5, 5.41) is 14.8. The van der Waals surface area contributed by atoms with Crippen molar-refractivity contribution in [3.05, 3.63) is 120 Å². The first-order valence-electron chi connectivity index (χ1n) is 17.8. The molecule has 0 radical (unpaired) electrons. The molecule has 0 fully saturated rings. The summed E-state index contributed by atoms with van der Waals surface area (Å²) in [5.74, 6) is 1.70. The first-order chi connectivity index (χ1) is 25.2. The standard InChI is InChI=1S/C42H44N6O4/c1-6-41(5,35(49)31-21-15-22-32(25-31)38-43-36(45-47-38)29-17-11-9-12-18-29)51-28(4)27-42(7-2,8-3)52-40(50)34-24-16-23-33(26-34)39-44-37(46-48-39)30-19-13-10-14-20-30/h9-26,28H,6-8,27H2,1-5H3,(H,43,45,47)(H,44,46,48). The number of H-pyrrole nitrogens is 2. The van der Waals surface area contributed by atoms with Crippen LogP contribution in [0.2, 0.25) is 0 Å². The fourth-order valence-corrected chi connectivity index (χ4v) is 6.41. The van der Waals surface area contributed by atoms with Gasteiger partial charge in [-0.15, -0.1) is 0 Å². The van der Waals surface area contributed by atoms with Crippen LogP contribution in [0.25, 0.3) is 45.6 Å². The third-order valence-corrected chi connectivity index (χ3v) is 9.68. The van der Waals surface area contributed by atoms with Crippen LogP contribution in [0.15, 0.2) is 109 Å². The number of ketones is 1. The number of hydrogen-bond donors (Lipinski definition) is 2. The topological polar surface area (TPSA) is 136 Å². The highest BCUT2D eigenvalue weighted by Crippen LogP contribution is 2.33. The fraction of sp³-hybridized carbons (Fsp3) is 0.286. The van der Waals surface area contributed by atoms with Crippen molar-refractivity contribution in [3.63, 3.8) is 0 Å². The van der Waals surface area contributed by atoms with Crippen molar-refractivity contribution < 1.29 is 19.1 Å². The normalized spacial score (nSPS) is 13.3. The highest BCUT2D eigenvalue weighted by atomic mass is 16.6. The van der Waals surface area contributed by atoms with Gasteiger partial charge in [-0.05, 0) is 51.3 Å². The zero-order chi connectivity index (χ0) is 36.7. The lowest BCUT2D eigenvalue weighted by Gasteiger charge is -2.37. The molecule has 10 nitrogen and oxygen atoms in total. The lowest BCUT2D eigenvalue weighted by molar-refractivity contribution is -0.0976. The van der Waals surface area contributed by atoms with Gasteiger partial charge in [0, 0.05) is 34.2 Å². The molecule has 0 spiro atoms. The number of hydrogen-bond acceptors (Lipinski definition) is 8. The van der Waals surface area contributed by atoms with Gasteiger partial charge in [0.2, 0.25) is 0 Å². The van der Waals surface area contributed by atoms with E-state index in [0.29, 0.717) is 65.7 Å². The number of nitrogens with one attached hydrogen (secondary N) is 2. The molecule has 0 bridgehead atoms. The van der Waals surface area contributed by atoms with Gasteiger partial charge in [-0.2, -0.15) is 10.2 Å². The Morgan fingerprint density at radius 2 is 1.13 bits per heavy atom. The number of carbonyl (C=O) groups excluding carboxylic acids is 2. The quantitative estimate of drug-likeness (QED) is 0.0802. The monoisotopic (exact) mass is 696 g/mol. The number of aromatic nitrogens is 6. The molecule has 10 heteroatoms. The Bertz CT molecular complexity index is 2120. The van der Waals surface area contributed by atoms with Crippen molar-refractivity contribution in [1.82, 2.24) is 30.4 Å². The molecule has 0 saturated carbocycles. The van der Waals surface area contributed by atoms with Crippen LogP contribution in [0.3, 0.4) is 0 Å². The predicted molar refractivity (Wildman–Crippen MR) is 201 cm³/mol. The summed E-state index contributed by atoms with van der Waals surface area (Å²) in [4.78, 5) is 37.0. The van der Waals surface area contributed by atoms with E-state index in [9.17, 15) is 9.59 Å². The predicted octanol–water partition coefficient (Wildman–Crippen LogP) is 9.15. The van der Waals surface area contributed by atoms with Crippen molar-refractivity contribution >= 4 is 11.8 Å². The molecule has 52 heavy (non-hydrogen) atoms. The van der Waals surface area contributed by atoms with Crippen LogP contribution in [0, 0.1) is 0 Å². The number of nitrogens with zero attached hydrogens (tertiary/aromatic N) is 4. The Kier molecular flexibility index (Phi) is 10.9. The van der Waals surface area contributed by atoms with Crippen LogP contribution in [0.1, 0.15) is 81.0 Å². The van der Waals surface area contributed by atoms with E-state index in [0.717, 1.165) is 16.7 Å². The third-order valence-electron chi connectivity index (χ3n) is 9.68. The van der Waals surface area contributed by atoms with Crippen molar-refractivity contribution in [2.75, 3.05) is 0 Å². The first-order valence-corrected chi connectivity index (χ1v) is 17.8. The number of Topliss-reactive ketones (excluding diaryl/α,β-unsaturated/α-hetero) is 1. The number of rotatable bonds is 15. The molecule has 2 aromatic heterocycles. The Morgan fingerprint density at radius 1 is 0.654 bits per heavy atom. The minimum atomic E-state index is -1.12. The van der Waals surface area contributed by atoms with Crippen LogP contribution in [0.4, 0.5) is 0 Å². The SMILES string of the molecule is CCC(CC)(CC(C)OC(C)(CC)C(=O)c1cccc(-c2n[nH]c(-c3ccccc3)n2)c1)OC(=O)c1cccc(-c2n[nH]c(-c3ccccc3)n2)c1. The van der Waals surface area contributed by atoms with Gasteiger partial charge >= 0.3 is 5.97 Å². The minimum Gasteiger partial charge on any atom is -0.455 e. The second kappa shape index (κ2) is 15.7. The molecule has 0 aliphatic heterocycles.